The molecule has 7 heteroatoms. The predicted octanol–water partition coefficient (Wildman–Crippen LogP) is 6.09. The van der Waals surface area contributed by atoms with Crippen molar-refractivity contribution in [1.82, 2.24) is 10.2 Å². The van der Waals surface area contributed by atoms with Gasteiger partial charge in [0.15, 0.2) is 0 Å². The molecule has 2 aromatic rings. The second-order valence-corrected chi connectivity index (χ2v) is 9.42. The van der Waals surface area contributed by atoms with Gasteiger partial charge in [-0.2, -0.15) is 0 Å². The van der Waals surface area contributed by atoms with Gasteiger partial charge < -0.3 is 15.0 Å². The molecule has 32 heavy (non-hydrogen) atoms. The van der Waals surface area contributed by atoms with Crippen LogP contribution in [0.15, 0.2) is 42.5 Å². The van der Waals surface area contributed by atoms with E-state index in [4.69, 9.17) is 27.9 Å². The molecule has 1 atom stereocenters. The molecule has 5 nitrogen and oxygen atoms in total. The van der Waals surface area contributed by atoms with Crippen LogP contribution in [0.3, 0.4) is 0 Å². The van der Waals surface area contributed by atoms with Crippen LogP contribution in [0, 0.1) is 5.92 Å². The topological polar surface area (TPSA) is 58.6 Å². The number of benzene rings is 2. The van der Waals surface area contributed by atoms with Gasteiger partial charge in [-0.25, -0.2) is 0 Å². The maximum atomic E-state index is 13.1. The number of likely N-dealkylation sites (tertiary alicyclic amines) is 1. The van der Waals surface area contributed by atoms with E-state index in [0.717, 1.165) is 51.5 Å². The summed E-state index contributed by atoms with van der Waals surface area (Å²) in [7, 11) is 0. The fourth-order valence-corrected chi connectivity index (χ4v) is 5.02. The third kappa shape index (κ3) is 5.57. The van der Waals surface area contributed by atoms with E-state index in [-0.39, 0.29) is 17.9 Å². The summed E-state index contributed by atoms with van der Waals surface area (Å²) in [5.41, 5.74) is 0.446. The summed E-state index contributed by atoms with van der Waals surface area (Å²) in [6, 6.07) is 12.1. The van der Waals surface area contributed by atoms with Gasteiger partial charge in [0.1, 0.15) is 11.5 Å². The van der Waals surface area contributed by atoms with E-state index in [9.17, 15) is 9.59 Å². The van der Waals surface area contributed by atoms with Gasteiger partial charge >= 0.3 is 0 Å². The van der Waals surface area contributed by atoms with Crippen molar-refractivity contribution in [1.29, 1.82) is 0 Å². The molecule has 0 radical (unpaired) electrons. The first-order chi connectivity index (χ1) is 15.5. The van der Waals surface area contributed by atoms with Crippen LogP contribution in [0.25, 0.3) is 0 Å². The molecule has 0 bridgehead atoms. The highest BCUT2D eigenvalue weighted by Crippen LogP contribution is 2.33. The van der Waals surface area contributed by atoms with Crippen LogP contribution in [0.1, 0.15) is 55.3 Å². The monoisotopic (exact) mass is 474 g/mol. The summed E-state index contributed by atoms with van der Waals surface area (Å²) in [6.45, 7) is 1.47. The van der Waals surface area contributed by atoms with E-state index in [0.29, 0.717) is 39.6 Å². The second-order valence-electron chi connectivity index (χ2n) is 8.58. The number of para-hydroxylation sites is 1. The maximum absolute atomic E-state index is 13.1. The molecular formula is C25H28Cl2N2O3. The lowest BCUT2D eigenvalue weighted by molar-refractivity contribution is -0.135. The van der Waals surface area contributed by atoms with Crippen LogP contribution in [-0.2, 0) is 4.79 Å². The number of hydrogen-bond acceptors (Lipinski definition) is 3. The van der Waals surface area contributed by atoms with Crippen LogP contribution >= 0.6 is 23.2 Å². The van der Waals surface area contributed by atoms with Crippen molar-refractivity contribution in [3.8, 4) is 11.5 Å². The normalized spacial score (nSPS) is 19.4. The van der Waals surface area contributed by atoms with Gasteiger partial charge in [-0.3, -0.25) is 9.59 Å². The standard InChI is InChI=1S/C25H28Cl2N2O3/c26-18-11-12-23(21(27)16-18)32-22-10-4-3-9-20(22)24(30)28-19-8-5-14-29(15-13-19)25(31)17-6-1-2-7-17/h3-4,9-12,16-17,19H,1-2,5-8,13-15H2,(H,28,30). The van der Waals surface area contributed by atoms with Crippen LogP contribution in [0.2, 0.25) is 10.0 Å². The molecule has 4 rings (SSSR count). The summed E-state index contributed by atoms with van der Waals surface area (Å²) in [5, 5.41) is 4.04. The molecule has 1 saturated carbocycles. The minimum Gasteiger partial charge on any atom is -0.455 e. The number of ether oxygens (including phenoxy) is 1. The lowest BCUT2D eigenvalue weighted by Crippen LogP contribution is -2.38. The zero-order chi connectivity index (χ0) is 22.5. The van der Waals surface area contributed by atoms with Crippen LogP contribution in [-0.4, -0.2) is 35.8 Å². The first-order valence-electron chi connectivity index (χ1n) is 11.3. The molecule has 2 fully saturated rings. The Morgan fingerprint density at radius 2 is 1.69 bits per heavy atom. The minimum absolute atomic E-state index is 0.0241. The third-order valence-electron chi connectivity index (χ3n) is 6.32. The molecule has 1 heterocycles. The van der Waals surface area contributed by atoms with Crippen LogP contribution in [0.5, 0.6) is 11.5 Å². The summed E-state index contributed by atoms with van der Waals surface area (Å²) in [4.78, 5) is 27.8. The Kier molecular flexibility index (Phi) is 7.59. The molecule has 0 spiro atoms. The number of rotatable bonds is 5. The van der Waals surface area contributed by atoms with Gasteiger partial charge in [0.25, 0.3) is 5.91 Å². The number of nitrogens with one attached hydrogen (secondary N) is 1. The summed E-state index contributed by atoms with van der Waals surface area (Å²) in [5.74, 6) is 1.18. The Hall–Kier alpha value is -2.24. The van der Waals surface area contributed by atoms with Gasteiger partial charge in [0.2, 0.25) is 5.91 Å². The number of hydrogen-bond donors (Lipinski definition) is 1. The smallest absolute Gasteiger partial charge is 0.255 e. The fourth-order valence-electron chi connectivity index (χ4n) is 4.57. The average Bonchev–Trinajstić information content (AvgIpc) is 3.23. The molecule has 1 aliphatic carbocycles. The number of halogens is 2. The molecule has 2 amide bonds. The molecule has 1 aliphatic heterocycles. The third-order valence-corrected chi connectivity index (χ3v) is 6.86. The van der Waals surface area contributed by atoms with Gasteiger partial charge in [-0.15, -0.1) is 0 Å². The van der Waals surface area contributed by atoms with Crippen molar-refractivity contribution in [2.75, 3.05) is 13.1 Å². The number of carbonyl (C=O) groups is 2. The highest BCUT2D eigenvalue weighted by Gasteiger charge is 2.29. The van der Waals surface area contributed by atoms with Gasteiger partial charge in [-0.05, 0) is 62.4 Å². The molecule has 170 valence electrons. The molecular weight excluding hydrogens is 447 g/mol. The van der Waals surface area contributed by atoms with E-state index in [1.54, 1.807) is 36.4 Å². The first kappa shape index (κ1) is 22.9. The Morgan fingerprint density at radius 1 is 0.906 bits per heavy atom. The van der Waals surface area contributed by atoms with E-state index >= 15 is 0 Å². The van der Waals surface area contributed by atoms with Crippen molar-refractivity contribution in [3.05, 3.63) is 58.1 Å². The minimum atomic E-state index is -0.189. The molecule has 1 N–H and O–H groups in total. The number of amides is 2. The van der Waals surface area contributed by atoms with Crippen molar-refractivity contribution in [3.63, 3.8) is 0 Å². The molecule has 1 unspecified atom stereocenters. The van der Waals surface area contributed by atoms with Gasteiger partial charge in [0.05, 0.1) is 10.6 Å². The highest BCUT2D eigenvalue weighted by atomic mass is 35.5. The Morgan fingerprint density at radius 3 is 2.47 bits per heavy atom. The van der Waals surface area contributed by atoms with Gasteiger partial charge in [0, 0.05) is 30.1 Å². The fraction of sp³-hybridized carbons (Fsp3) is 0.440. The largest absolute Gasteiger partial charge is 0.455 e. The Balaban J connectivity index is 1.39. The van der Waals surface area contributed by atoms with Crippen LogP contribution < -0.4 is 10.1 Å². The molecule has 1 saturated heterocycles. The zero-order valence-electron chi connectivity index (χ0n) is 18.0. The lowest BCUT2D eigenvalue weighted by Gasteiger charge is -2.24. The number of carbonyl (C=O) groups excluding carboxylic acids is 2. The lowest BCUT2D eigenvalue weighted by atomic mass is 10.1. The Labute approximate surface area is 199 Å². The molecule has 0 aromatic heterocycles. The van der Waals surface area contributed by atoms with Crippen molar-refractivity contribution in [2.24, 2.45) is 5.92 Å². The zero-order valence-corrected chi connectivity index (χ0v) is 19.5. The van der Waals surface area contributed by atoms with Crippen molar-refractivity contribution < 1.29 is 14.3 Å². The SMILES string of the molecule is O=C(NC1CCCN(C(=O)C2CCCC2)CC1)c1ccccc1Oc1ccc(Cl)cc1Cl. The number of nitrogens with zero attached hydrogens (tertiary/aromatic N) is 1. The van der Waals surface area contributed by atoms with E-state index in [2.05, 4.69) is 5.32 Å². The average molecular weight is 475 g/mol. The maximum Gasteiger partial charge on any atom is 0.255 e. The summed E-state index contributed by atoms with van der Waals surface area (Å²) in [6.07, 6.45) is 6.86. The second kappa shape index (κ2) is 10.6. The summed E-state index contributed by atoms with van der Waals surface area (Å²) >= 11 is 12.2. The Bertz CT molecular complexity index is 975. The van der Waals surface area contributed by atoms with E-state index in [1.807, 2.05) is 11.0 Å². The quantitative estimate of drug-likeness (QED) is 0.570. The highest BCUT2D eigenvalue weighted by molar-refractivity contribution is 6.35. The van der Waals surface area contributed by atoms with Crippen molar-refractivity contribution >= 4 is 35.0 Å². The molecule has 2 aromatic carbocycles. The molecule has 2 aliphatic rings. The van der Waals surface area contributed by atoms with E-state index in [1.165, 1.54) is 0 Å². The summed E-state index contributed by atoms with van der Waals surface area (Å²) < 4.78 is 5.93. The first-order valence-corrected chi connectivity index (χ1v) is 12.1. The van der Waals surface area contributed by atoms with Gasteiger partial charge in [-0.1, -0.05) is 48.2 Å². The predicted molar refractivity (Wildman–Crippen MR) is 127 cm³/mol. The van der Waals surface area contributed by atoms with Crippen LogP contribution in [0.4, 0.5) is 0 Å². The van der Waals surface area contributed by atoms with E-state index < -0.39 is 0 Å². The van der Waals surface area contributed by atoms with Crippen molar-refractivity contribution in [2.45, 2.75) is 51.0 Å².